The number of aromatic nitrogens is 1. The molecule has 180 valence electrons. The van der Waals surface area contributed by atoms with E-state index in [-0.39, 0.29) is 0 Å². The maximum absolute atomic E-state index is 14.1. The van der Waals surface area contributed by atoms with Crippen LogP contribution in [0.4, 0.5) is 22.0 Å². The van der Waals surface area contributed by atoms with E-state index in [1.807, 2.05) is 44.2 Å². The molecule has 3 aromatic rings. The fraction of sp³-hybridized carbons (Fsp3) is 0.269. The molecule has 3 amide bonds. The number of aryl methyl sites for hydroxylation is 2. The van der Waals surface area contributed by atoms with Gasteiger partial charge in [0, 0.05) is 48.1 Å². The molecule has 2 aliphatic heterocycles. The molecule has 8 nitrogen and oxygen atoms in total. The summed E-state index contributed by atoms with van der Waals surface area (Å²) >= 11 is 3.45. The van der Waals surface area contributed by atoms with E-state index in [1.165, 1.54) is 4.90 Å². The predicted molar refractivity (Wildman–Crippen MR) is 138 cm³/mol. The van der Waals surface area contributed by atoms with Gasteiger partial charge in [-0.15, -0.1) is 0 Å². The third-order valence-corrected chi connectivity index (χ3v) is 7.21. The molecule has 0 bridgehead atoms. The van der Waals surface area contributed by atoms with Gasteiger partial charge in [0.05, 0.1) is 5.69 Å². The van der Waals surface area contributed by atoms with Crippen molar-refractivity contribution < 1.29 is 14.7 Å². The molecule has 5 rings (SSSR count). The quantitative estimate of drug-likeness (QED) is 0.529. The van der Waals surface area contributed by atoms with Crippen LogP contribution in [0.25, 0.3) is 0 Å². The van der Waals surface area contributed by atoms with Gasteiger partial charge in [-0.3, -0.25) is 9.69 Å². The molecule has 1 aromatic heterocycles. The smallest absolute Gasteiger partial charge is 0.329 e. The number of nitrogens with one attached hydrogen (secondary N) is 1. The molecule has 0 unspecified atom stereocenters. The number of pyridine rings is 1. The fourth-order valence-corrected chi connectivity index (χ4v) is 4.99. The second kappa shape index (κ2) is 8.98. The first-order valence-electron chi connectivity index (χ1n) is 11.5. The first-order valence-corrected chi connectivity index (χ1v) is 12.2. The lowest BCUT2D eigenvalue weighted by molar-refractivity contribution is -0.152. The number of hydrogen-bond acceptors (Lipinski definition) is 5. The molecule has 2 aromatic carbocycles. The van der Waals surface area contributed by atoms with Crippen molar-refractivity contribution in [2.45, 2.75) is 19.6 Å². The first kappa shape index (κ1) is 23.3. The number of urea groups is 1. The van der Waals surface area contributed by atoms with Crippen LogP contribution < -0.4 is 15.1 Å². The second-order valence-corrected chi connectivity index (χ2v) is 9.78. The molecule has 2 N–H and O–H groups in total. The lowest BCUT2D eigenvalue weighted by atomic mass is 9.93. The van der Waals surface area contributed by atoms with Crippen LogP contribution in [0.5, 0.6) is 0 Å². The normalized spacial score (nSPS) is 19.9. The van der Waals surface area contributed by atoms with Gasteiger partial charge in [0.15, 0.2) is 0 Å². The van der Waals surface area contributed by atoms with Crippen molar-refractivity contribution in [1.82, 2.24) is 9.88 Å². The molecule has 1 fully saturated rings. The molecular weight excluding hydrogens is 510 g/mol. The molecule has 9 heteroatoms. The van der Waals surface area contributed by atoms with Gasteiger partial charge in [-0.1, -0.05) is 28.1 Å². The highest BCUT2D eigenvalue weighted by atomic mass is 79.9. The minimum Gasteiger partial charge on any atom is -0.359 e. The maximum atomic E-state index is 14.1. The molecule has 35 heavy (non-hydrogen) atoms. The Bertz CT molecular complexity index is 1290. The van der Waals surface area contributed by atoms with E-state index in [2.05, 4.69) is 31.1 Å². The number of aliphatic hydroxyl groups is 1. The van der Waals surface area contributed by atoms with E-state index in [0.29, 0.717) is 47.6 Å². The van der Waals surface area contributed by atoms with Gasteiger partial charge in [0.25, 0.3) is 11.6 Å². The third kappa shape index (κ3) is 4.04. The standard InChI is InChI=1S/C26H26BrN5O3/c1-17-6-8-20(15-18(17)2)32-25(34)29-22-9-7-19(27)16-21(22)26(32,35)24(33)31-13-11-30(12-14-31)23-5-3-4-10-28-23/h3-10,15-16,35H,11-14H2,1-2H3,(H,29,34)/t26-/m1/s1. The van der Waals surface area contributed by atoms with E-state index in [4.69, 9.17) is 0 Å². The monoisotopic (exact) mass is 535 g/mol. The van der Waals surface area contributed by atoms with Crippen molar-refractivity contribution in [3.63, 3.8) is 0 Å². The number of hydrogen-bond donors (Lipinski definition) is 2. The summed E-state index contributed by atoms with van der Waals surface area (Å²) in [4.78, 5) is 36.7. The van der Waals surface area contributed by atoms with Gasteiger partial charge >= 0.3 is 6.03 Å². The fourth-order valence-electron chi connectivity index (χ4n) is 4.63. The minimum absolute atomic E-state index is 0.321. The SMILES string of the molecule is Cc1ccc(N2C(=O)Nc3ccc(Br)cc3[C@@]2(O)C(=O)N2CCN(c3ccccn3)CC2)cc1C. The van der Waals surface area contributed by atoms with Crippen LogP contribution in [0.3, 0.4) is 0 Å². The summed E-state index contributed by atoms with van der Waals surface area (Å²) in [6.07, 6.45) is 1.74. The molecule has 0 aliphatic carbocycles. The molecule has 1 atom stereocenters. The summed E-state index contributed by atoms with van der Waals surface area (Å²) in [6, 6.07) is 15.8. The minimum atomic E-state index is -2.21. The Morgan fingerprint density at radius 2 is 1.80 bits per heavy atom. The van der Waals surface area contributed by atoms with Gasteiger partial charge in [-0.2, -0.15) is 0 Å². The summed E-state index contributed by atoms with van der Waals surface area (Å²) in [5.41, 5.74) is 0.960. The highest BCUT2D eigenvalue weighted by Crippen LogP contribution is 2.42. The number of nitrogens with zero attached hydrogens (tertiary/aromatic N) is 4. The zero-order chi connectivity index (χ0) is 24.7. The summed E-state index contributed by atoms with van der Waals surface area (Å²) < 4.78 is 0.693. The average molecular weight is 536 g/mol. The van der Waals surface area contributed by atoms with Crippen molar-refractivity contribution in [2.75, 3.05) is 41.3 Å². The Balaban J connectivity index is 1.53. The van der Waals surface area contributed by atoms with E-state index in [1.54, 1.807) is 35.4 Å². The van der Waals surface area contributed by atoms with Crippen molar-refractivity contribution >= 4 is 45.1 Å². The van der Waals surface area contributed by atoms with Gasteiger partial charge in [-0.05, 0) is 67.4 Å². The van der Waals surface area contributed by atoms with Crippen molar-refractivity contribution in [3.8, 4) is 0 Å². The molecular formula is C26H26BrN5O3. The number of halogens is 1. The predicted octanol–water partition coefficient (Wildman–Crippen LogP) is 4.01. The number of rotatable bonds is 3. The summed E-state index contributed by atoms with van der Waals surface area (Å²) in [5, 5.41) is 15.1. The molecule has 1 saturated heterocycles. The van der Waals surface area contributed by atoms with Crippen LogP contribution in [0.1, 0.15) is 16.7 Å². The molecule has 0 radical (unpaired) electrons. The molecule has 0 spiro atoms. The maximum Gasteiger partial charge on any atom is 0.329 e. The Labute approximate surface area is 212 Å². The largest absolute Gasteiger partial charge is 0.359 e. The van der Waals surface area contributed by atoms with Crippen LogP contribution in [0.15, 0.2) is 65.3 Å². The molecule has 2 aliphatic rings. The van der Waals surface area contributed by atoms with Crippen LogP contribution in [-0.2, 0) is 10.5 Å². The molecule has 3 heterocycles. The molecule has 0 saturated carbocycles. The highest BCUT2D eigenvalue weighted by Gasteiger charge is 2.54. The average Bonchev–Trinajstić information content (AvgIpc) is 2.87. The van der Waals surface area contributed by atoms with Crippen LogP contribution in [0, 0.1) is 13.8 Å². The van der Waals surface area contributed by atoms with Gasteiger partial charge in [0.2, 0.25) is 0 Å². The van der Waals surface area contributed by atoms with E-state index in [9.17, 15) is 14.7 Å². The van der Waals surface area contributed by atoms with E-state index in [0.717, 1.165) is 16.9 Å². The van der Waals surface area contributed by atoms with Crippen molar-refractivity contribution in [1.29, 1.82) is 0 Å². The number of carbonyl (C=O) groups excluding carboxylic acids is 2. The van der Waals surface area contributed by atoms with E-state index >= 15 is 0 Å². The Morgan fingerprint density at radius 3 is 2.49 bits per heavy atom. The Hall–Kier alpha value is -3.43. The first-order chi connectivity index (χ1) is 16.8. The van der Waals surface area contributed by atoms with Gasteiger partial charge < -0.3 is 20.2 Å². The summed E-state index contributed by atoms with van der Waals surface area (Å²) in [6.45, 7) is 5.83. The number of anilines is 3. The van der Waals surface area contributed by atoms with Crippen molar-refractivity contribution in [3.05, 3.63) is 82.0 Å². The zero-order valence-corrected chi connectivity index (χ0v) is 21.1. The van der Waals surface area contributed by atoms with Gasteiger partial charge in [0.1, 0.15) is 5.82 Å². The van der Waals surface area contributed by atoms with Crippen molar-refractivity contribution in [2.24, 2.45) is 0 Å². The number of amides is 3. The number of fused-ring (bicyclic) bond motifs is 1. The summed E-state index contributed by atoms with van der Waals surface area (Å²) in [5.74, 6) is 0.312. The van der Waals surface area contributed by atoms with Crippen LogP contribution in [-0.4, -0.2) is 53.1 Å². The Morgan fingerprint density at radius 1 is 1.03 bits per heavy atom. The number of carbonyl (C=O) groups is 2. The zero-order valence-electron chi connectivity index (χ0n) is 19.5. The lowest BCUT2D eigenvalue weighted by Crippen LogP contribution is -2.65. The topological polar surface area (TPSA) is 89.0 Å². The summed E-state index contributed by atoms with van der Waals surface area (Å²) in [7, 11) is 0. The van der Waals surface area contributed by atoms with Crippen LogP contribution >= 0.6 is 15.9 Å². The van der Waals surface area contributed by atoms with E-state index < -0.39 is 17.7 Å². The second-order valence-electron chi connectivity index (χ2n) is 8.86. The van der Waals surface area contributed by atoms with Crippen LogP contribution in [0.2, 0.25) is 0 Å². The highest BCUT2D eigenvalue weighted by molar-refractivity contribution is 9.10. The number of benzene rings is 2. The lowest BCUT2D eigenvalue weighted by Gasteiger charge is -2.46. The Kier molecular flexibility index (Phi) is 5.98. The van der Waals surface area contributed by atoms with Gasteiger partial charge in [-0.25, -0.2) is 9.78 Å². The number of piperazine rings is 1. The third-order valence-electron chi connectivity index (χ3n) is 6.71.